The van der Waals surface area contributed by atoms with Crippen LogP contribution in [-0.2, 0) is 6.18 Å². The van der Waals surface area contributed by atoms with E-state index >= 15 is 0 Å². The average molecular weight is 448 g/mol. The fraction of sp³-hybridized carbons (Fsp3) is 0.278. The summed E-state index contributed by atoms with van der Waals surface area (Å²) >= 11 is 17.1. The van der Waals surface area contributed by atoms with Crippen molar-refractivity contribution in [2.24, 2.45) is 0 Å². The zero-order chi connectivity index (χ0) is 20.8. The smallest absolute Gasteiger partial charge is 0.300 e. The first-order valence-electron chi connectivity index (χ1n) is 8.26. The first kappa shape index (κ1) is 20.8. The zero-order valence-corrected chi connectivity index (χ0v) is 17.0. The average Bonchev–Trinajstić information content (AvgIpc) is 2.61. The number of pyridine rings is 1. The molecule has 0 saturated heterocycles. The number of nitrogens with one attached hydrogen (secondary N) is 1. The lowest BCUT2D eigenvalue weighted by Crippen LogP contribution is -2.22. The lowest BCUT2D eigenvalue weighted by atomic mass is 10.1. The highest BCUT2D eigenvalue weighted by Crippen LogP contribution is 2.37. The van der Waals surface area contributed by atoms with E-state index in [-0.39, 0.29) is 32.2 Å². The molecule has 0 spiro atoms. The highest BCUT2D eigenvalue weighted by atomic mass is 35.5. The molecule has 1 N–H and O–H groups in total. The molecule has 0 aliphatic carbocycles. The van der Waals surface area contributed by atoms with E-state index in [0.29, 0.717) is 12.0 Å². The molecule has 0 aliphatic heterocycles. The van der Waals surface area contributed by atoms with Gasteiger partial charge in [-0.15, -0.1) is 0 Å². The van der Waals surface area contributed by atoms with Crippen LogP contribution in [0.1, 0.15) is 31.9 Å². The number of rotatable bonds is 3. The first-order valence-corrected chi connectivity index (χ1v) is 9.43. The summed E-state index contributed by atoms with van der Waals surface area (Å²) in [6.45, 7) is 3.64. The van der Waals surface area contributed by atoms with Crippen molar-refractivity contribution in [1.29, 1.82) is 0 Å². The van der Waals surface area contributed by atoms with Crippen LogP contribution in [-0.4, -0.2) is 14.5 Å². The maximum atomic E-state index is 13.8. The van der Waals surface area contributed by atoms with Gasteiger partial charge in [0.25, 0.3) is 5.56 Å². The Bertz CT molecular complexity index is 1190. The molecule has 0 bridgehead atoms. The third kappa shape index (κ3) is 3.68. The Morgan fingerprint density at radius 3 is 2.50 bits per heavy atom. The number of nitrogens with zero attached hydrogens (tertiary/aromatic N) is 2. The molecule has 1 atom stereocenters. The third-order valence-corrected chi connectivity index (χ3v) is 5.49. The molecule has 28 heavy (non-hydrogen) atoms. The van der Waals surface area contributed by atoms with E-state index in [0.717, 1.165) is 6.07 Å². The molecule has 10 heteroatoms. The predicted molar refractivity (Wildman–Crippen MR) is 107 cm³/mol. The number of H-pyrrole nitrogens is 1. The Hall–Kier alpha value is -1.90. The van der Waals surface area contributed by atoms with Gasteiger partial charge in [-0.05, 0) is 43.8 Å². The van der Waals surface area contributed by atoms with Gasteiger partial charge in [0.2, 0.25) is 0 Å². The van der Waals surface area contributed by atoms with Crippen molar-refractivity contribution in [3.63, 3.8) is 0 Å². The number of halogens is 5. The number of hydrogen-bond acceptors (Lipinski definition) is 3. The van der Waals surface area contributed by atoms with Gasteiger partial charge in [-0.25, -0.2) is 4.98 Å². The van der Waals surface area contributed by atoms with Crippen LogP contribution < -0.4 is 5.56 Å². The van der Waals surface area contributed by atoms with Gasteiger partial charge >= 0.3 is 6.18 Å². The van der Waals surface area contributed by atoms with Gasteiger partial charge in [-0.3, -0.25) is 14.3 Å². The molecule has 2 heterocycles. The van der Waals surface area contributed by atoms with Crippen molar-refractivity contribution in [3.05, 3.63) is 55.0 Å². The Kier molecular flexibility index (Phi) is 5.58. The minimum atomic E-state index is -4.77. The lowest BCUT2D eigenvalue weighted by molar-refractivity contribution is -0.136. The summed E-state index contributed by atoms with van der Waals surface area (Å²) in [5.41, 5.74) is -1.80. The van der Waals surface area contributed by atoms with Crippen LogP contribution >= 0.6 is 35.4 Å². The minimum absolute atomic E-state index is 0.00967. The fourth-order valence-corrected chi connectivity index (χ4v) is 3.52. The molecular weight excluding hydrogens is 434 g/mol. The second-order valence-corrected chi connectivity index (χ2v) is 7.47. The number of aromatic amines is 1. The Balaban J connectivity index is 2.50. The normalized spacial score (nSPS) is 13.1. The van der Waals surface area contributed by atoms with E-state index in [1.807, 2.05) is 6.92 Å². The van der Waals surface area contributed by atoms with Crippen LogP contribution in [0.25, 0.3) is 22.3 Å². The Labute approximate surface area is 172 Å². The quantitative estimate of drug-likeness (QED) is 0.471. The maximum Gasteiger partial charge on any atom is 0.417 e. The number of aromatic nitrogens is 3. The van der Waals surface area contributed by atoms with E-state index in [2.05, 4.69) is 9.97 Å². The lowest BCUT2D eigenvalue weighted by Gasteiger charge is -2.19. The van der Waals surface area contributed by atoms with Gasteiger partial charge < -0.3 is 0 Å². The molecule has 0 saturated carbocycles. The van der Waals surface area contributed by atoms with Crippen LogP contribution in [0.5, 0.6) is 0 Å². The molecule has 3 aromatic rings. The molecule has 4 nitrogen and oxygen atoms in total. The largest absolute Gasteiger partial charge is 0.417 e. The summed E-state index contributed by atoms with van der Waals surface area (Å²) in [4.78, 5) is 19.0. The molecular formula is C18H14Cl2F3N3OS. The first-order chi connectivity index (χ1) is 13.0. The molecule has 0 amide bonds. The minimum Gasteiger partial charge on any atom is -0.300 e. The standard InChI is InChI=1S/C18H14Cl2F3N3OS/c1-3-8(2)26-15-14(16(27)25-17(26)28)10(18(21,22)23)7-13(24-15)9-4-5-11(19)12(20)6-9/h4-8H,3H2,1-2H3,(H,25,27,28)/t8-/m1/s1. The SMILES string of the molecule is CC[C@@H](C)n1c(=S)[nH]c(=O)c2c(C(F)(F)F)cc(-c3ccc(Cl)c(Cl)c3)nc21. The third-order valence-electron chi connectivity index (χ3n) is 4.45. The van der Waals surface area contributed by atoms with E-state index in [1.54, 1.807) is 6.92 Å². The summed E-state index contributed by atoms with van der Waals surface area (Å²) in [6.07, 6.45) is -4.19. The topological polar surface area (TPSA) is 50.7 Å². The number of alkyl halides is 3. The van der Waals surface area contributed by atoms with Crippen molar-refractivity contribution in [3.8, 4) is 11.3 Å². The predicted octanol–water partition coefficient (Wildman–Crippen LogP) is 6.42. The Morgan fingerprint density at radius 1 is 1.25 bits per heavy atom. The second kappa shape index (κ2) is 7.50. The zero-order valence-electron chi connectivity index (χ0n) is 14.7. The van der Waals surface area contributed by atoms with Gasteiger partial charge in [0.05, 0.1) is 26.7 Å². The molecule has 2 aromatic heterocycles. The van der Waals surface area contributed by atoms with E-state index in [1.165, 1.54) is 22.8 Å². The molecule has 0 radical (unpaired) electrons. The monoisotopic (exact) mass is 447 g/mol. The van der Waals surface area contributed by atoms with Gasteiger partial charge in [0, 0.05) is 11.6 Å². The van der Waals surface area contributed by atoms with Crippen molar-refractivity contribution in [2.75, 3.05) is 0 Å². The summed E-state index contributed by atoms with van der Waals surface area (Å²) < 4.78 is 42.8. The number of fused-ring (bicyclic) bond motifs is 1. The van der Waals surface area contributed by atoms with Crippen molar-refractivity contribution in [1.82, 2.24) is 14.5 Å². The van der Waals surface area contributed by atoms with Crippen LogP contribution in [0, 0.1) is 4.77 Å². The Morgan fingerprint density at radius 2 is 1.93 bits per heavy atom. The van der Waals surface area contributed by atoms with Crippen molar-refractivity contribution in [2.45, 2.75) is 32.5 Å². The molecule has 148 valence electrons. The number of hydrogen-bond donors (Lipinski definition) is 1. The van der Waals surface area contributed by atoms with Crippen LogP contribution in [0.3, 0.4) is 0 Å². The van der Waals surface area contributed by atoms with Crippen LogP contribution in [0.2, 0.25) is 10.0 Å². The summed E-state index contributed by atoms with van der Waals surface area (Å²) in [5.74, 6) is 0. The summed E-state index contributed by atoms with van der Waals surface area (Å²) in [5, 5.41) is -0.106. The molecule has 0 aliphatic rings. The van der Waals surface area contributed by atoms with Crippen LogP contribution in [0.15, 0.2) is 29.1 Å². The molecule has 1 aromatic carbocycles. The second-order valence-electron chi connectivity index (χ2n) is 6.27. The highest BCUT2D eigenvalue weighted by molar-refractivity contribution is 7.71. The van der Waals surface area contributed by atoms with E-state index in [4.69, 9.17) is 35.4 Å². The van der Waals surface area contributed by atoms with Gasteiger partial charge in [-0.1, -0.05) is 36.2 Å². The fourth-order valence-electron chi connectivity index (χ4n) is 2.86. The summed E-state index contributed by atoms with van der Waals surface area (Å²) in [7, 11) is 0. The van der Waals surface area contributed by atoms with E-state index in [9.17, 15) is 18.0 Å². The molecule has 3 rings (SSSR count). The highest BCUT2D eigenvalue weighted by Gasteiger charge is 2.35. The van der Waals surface area contributed by atoms with Gasteiger partial charge in [0.1, 0.15) is 5.65 Å². The van der Waals surface area contributed by atoms with Crippen LogP contribution in [0.4, 0.5) is 13.2 Å². The molecule has 0 unspecified atom stereocenters. The summed E-state index contributed by atoms with van der Waals surface area (Å²) in [6, 6.07) is 4.97. The number of benzene rings is 1. The van der Waals surface area contributed by atoms with Crippen molar-refractivity contribution < 1.29 is 13.2 Å². The van der Waals surface area contributed by atoms with E-state index < -0.39 is 22.7 Å². The van der Waals surface area contributed by atoms with Gasteiger partial charge in [0.15, 0.2) is 4.77 Å². The molecule has 0 fully saturated rings. The van der Waals surface area contributed by atoms with Gasteiger partial charge in [-0.2, -0.15) is 13.2 Å². The van der Waals surface area contributed by atoms with Crippen molar-refractivity contribution >= 4 is 46.5 Å². The maximum absolute atomic E-state index is 13.8.